The average Bonchev–Trinajstić information content (AvgIpc) is 3.28. The van der Waals surface area contributed by atoms with Gasteiger partial charge >= 0.3 is 5.97 Å². The van der Waals surface area contributed by atoms with Crippen molar-refractivity contribution < 1.29 is 31.5 Å². The molecule has 1 fully saturated rings. The first-order valence-corrected chi connectivity index (χ1v) is 12.1. The van der Waals surface area contributed by atoms with E-state index in [2.05, 4.69) is 37.0 Å². The minimum atomic E-state index is -2.33. The molecule has 4 rings (SSSR count). The van der Waals surface area contributed by atoms with Crippen molar-refractivity contribution in [1.29, 1.82) is 0 Å². The van der Waals surface area contributed by atoms with Gasteiger partial charge in [0.1, 0.15) is 5.01 Å². The van der Waals surface area contributed by atoms with Crippen LogP contribution in [-0.4, -0.2) is 53.5 Å². The SMILES string of the molecule is CCNc1nc(CN2CCN(Cc3ccccc3)CC2)sc1C(=O)Oc1c(F)c(F)c(F)c(F)c1F. The maximum Gasteiger partial charge on any atom is 0.357 e. The van der Waals surface area contributed by atoms with E-state index in [1.807, 2.05) is 18.2 Å². The molecule has 0 aliphatic carbocycles. The Bertz CT molecular complexity index is 1200. The highest BCUT2D eigenvalue weighted by Crippen LogP contribution is 2.32. The zero-order valence-electron chi connectivity index (χ0n) is 19.3. The van der Waals surface area contributed by atoms with Gasteiger partial charge in [-0.3, -0.25) is 9.80 Å². The van der Waals surface area contributed by atoms with Gasteiger partial charge in [-0.15, -0.1) is 11.3 Å². The lowest BCUT2D eigenvalue weighted by atomic mass is 10.2. The number of aromatic nitrogens is 1. The summed E-state index contributed by atoms with van der Waals surface area (Å²) in [6.45, 7) is 6.64. The van der Waals surface area contributed by atoms with Gasteiger partial charge in [0.2, 0.25) is 34.8 Å². The summed E-state index contributed by atoms with van der Waals surface area (Å²) in [5, 5.41) is 3.42. The Hall–Kier alpha value is -3.09. The molecule has 0 saturated carbocycles. The number of ether oxygens (including phenoxy) is 1. The van der Waals surface area contributed by atoms with Gasteiger partial charge in [-0.1, -0.05) is 30.3 Å². The van der Waals surface area contributed by atoms with Crippen LogP contribution in [0.2, 0.25) is 0 Å². The van der Waals surface area contributed by atoms with Crippen LogP contribution in [-0.2, 0) is 13.1 Å². The highest BCUT2D eigenvalue weighted by Gasteiger charge is 2.30. The number of hydrogen-bond donors (Lipinski definition) is 1. The Morgan fingerprint density at radius 1 is 0.917 bits per heavy atom. The predicted octanol–water partition coefficient (Wildman–Crippen LogP) is 4.81. The van der Waals surface area contributed by atoms with Gasteiger partial charge in [-0.25, -0.2) is 22.9 Å². The third kappa shape index (κ3) is 5.66. The summed E-state index contributed by atoms with van der Waals surface area (Å²) in [6, 6.07) is 10.1. The lowest BCUT2D eigenvalue weighted by Crippen LogP contribution is -2.45. The van der Waals surface area contributed by atoms with E-state index in [1.54, 1.807) is 6.92 Å². The zero-order valence-corrected chi connectivity index (χ0v) is 20.1. The molecule has 192 valence electrons. The smallest absolute Gasteiger partial charge is 0.357 e. The third-order valence-corrected chi connectivity index (χ3v) is 6.66. The van der Waals surface area contributed by atoms with Crippen LogP contribution in [0, 0.1) is 29.1 Å². The maximum atomic E-state index is 14.0. The van der Waals surface area contributed by atoms with Gasteiger partial charge < -0.3 is 10.1 Å². The summed E-state index contributed by atoms with van der Waals surface area (Å²) in [7, 11) is 0. The fraction of sp³-hybridized carbons (Fsp3) is 0.333. The molecular formula is C24H23F5N4O2S. The van der Waals surface area contributed by atoms with Crippen LogP contribution in [0.3, 0.4) is 0 Å². The number of carbonyl (C=O) groups excluding carboxylic acids is 1. The molecule has 0 bridgehead atoms. The number of hydrogen-bond acceptors (Lipinski definition) is 7. The highest BCUT2D eigenvalue weighted by atomic mass is 32.1. The first-order valence-electron chi connectivity index (χ1n) is 11.2. The van der Waals surface area contributed by atoms with Crippen LogP contribution in [0.1, 0.15) is 27.2 Å². The monoisotopic (exact) mass is 526 g/mol. The van der Waals surface area contributed by atoms with E-state index in [0.29, 0.717) is 18.1 Å². The Labute approximate surface area is 208 Å². The van der Waals surface area contributed by atoms with Gasteiger partial charge in [0, 0.05) is 39.3 Å². The number of rotatable bonds is 8. The molecule has 0 unspecified atom stereocenters. The standard InChI is InChI=1S/C24H23F5N4O2S/c1-2-30-23-22(24(34)35-21-19(28)17(26)16(25)18(27)20(21)29)36-15(31-23)13-33-10-8-32(9-11-33)12-14-6-4-3-5-7-14/h3-7,30H,2,8-13H2,1H3. The normalized spacial score (nSPS) is 14.7. The molecule has 1 N–H and O–H groups in total. The van der Waals surface area contributed by atoms with Gasteiger partial charge in [0.15, 0.2) is 10.7 Å². The maximum absolute atomic E-state index is 14.0. The fourth-order valence-electron chi connectivity index (χ4n) is 3.81. The Balaban J connectivity index is 1.44. The summed E-state index contributed by atoms with van der Waals surface area (Å²) in [6.07, 6.45) is 0. The number of halogens is 5. The minimum absolute atomic E-state index is 0.120. The lowest BCUT2D eigenvalue weighted by Gasteiger charge is -2.34. The Kier molecular flexibility index (Phi) is 8.17. The Morgan fingerprint density at radius 2 is 1.47 bits per heavy atom. The first kappa shape index (κ1) is 26.0. The molecule has 12 heteroatoms. The molecule has 0 radical (unpaired) electrons. The van der Waals surface area contributed by atoms with Crippen LogP contribution < -0.4 is 10.1 Å². The van der Waals surface area contributed by atoms with Crippen molar-refractivity contribution in [1.82, 2.24) is 14.8 Å². The number of anilines is 1. The number of carbonyl (C=O) groups is 1. The topological polar surface area (TPSA) is 57.7 Å². The molecule has 6 nitrogen and oxygen atoms in total. The number of nitrogens with zero attached hydrogens (tertiary/aromatic N) is 3. The summed E-state index contributed by atoms with van der Waals surface area (Å²) in [5.41, 5.74) is 1.23. The van der Waals surface area contributed by atoms with Crippen LogP contribution in [0.4, 0.5) is 27.8 Å². The van der Waals surface area contributed by atoms with E-state index in [1.165, 1.54) is 5.56 Å². The van der Waals surface area contributed by atoms with Gasteiger partial charge in [0.25, 0.3) is 0 Å². The van der Waals surface area contributed by atoms with Gasteiger partial charge in [-0.2, -0.15) is 8.78 Å². The number of thiazole rings is 1. The number of piperazine rings is 1. The molecular weight excluding hydrogens is 503 g/mol. The van der Waals surface area contributed by atoms with E-state index in [9.17, 15) is 26.7 Å². The molecule has 1 aliphatic heterocycles. The molecule has 1 saturated heterocycles. The van der Waals surface area contributed by atoms with E-state index in [-0.39, 0.29) is 10.7 Å². The van der Waals surface area contributed by atoms with Crippen LogP contribution >= 0.6 is 11.3 Å². The molecule has 3 aromatic rings. The van der Waals surface area contributed by atoms with Crippen molar-refractivity contribution in [3.05, 3.63) is 74.9 Å². The molecule has 36 heavy (non-hydrogen) atoms. The molecule has 2 aromatic carbocycles. The lowest BCUT2D eigenvalue weighted by molar-refractivity contribution is 0.0722. The van der Waals surface area contributed by atoms with Crippen LogP contribution in [0.15, 0.2) is 30.3 Å². The fourth-order valence-corrected chi connectivity index (χ4v) is 4.77. The minimum Gasteiger partial charge on any atom is -0.416 e. The van der Waals surface area contributed by atoms with Crippen molar-refractivity contribution >= 4 is 23.1 Å². The zero-order chi connectivity index (χ0) is 25.8. The van der Waals surface area contributed by atoms with Crippen molar-refractivity contribution in [2.24, 2.45) is 0 Å². The van der Waals surface area contributed by atoms with E-state index >= 15 is 0 Å². The highest BCUT2D eigenvalue weighted by molar-refractivity contribution is 7.14. The van der Waals surface area contributed by atoms with Crippen molar-refractivity contribution in [3.8, 4) is 5.75 Å². The number of esters is 1. The van der Waals surface area contributed by atoms with E-state index in [0.717, 1.165) is 44.1 Å². The summed E-state index contributed by atoms with van der Waals surface area (Å²) < 4.78 is 72.8. The Morgan fingerprint density at radius 3 is 2.06 bits per heavy atom. The second-order valence-electron chi connectivity index (χ2n) is 8.14. The van der Waals surface area contributed by atoms with Gasteiger partial charge in [-0.05, 0) is 12.5 Å². The van der Waals surface area contributed by atoms with Gasteiger partial charge in [0.05, 0.1) is 6.54 Å². The largest absolute Gasteiger partial charge is 0.416 e. The van der Waals surface area contributed by atoms with Crippen molar-refractivity contribution in [3.63, 3.8) is 0 Å². The van der Waals surface area contributed by atoms with Crippen molar-refractivity contribution in [2.45, 2.75) is 20.0 Å². The van der Waals surface area contributed by atoms with Crippen LogP contribution in [0.25, 0.3) is 0 Å². The molecule has 1 aliphatic rings. The van der Waals surface area contributed by atoms with E-state index < -0.39 is 40.8 Å². The molecule has 0 spiro atoms. The summed E-state index contributed by atoms with van der Waals surface area (Å²) in [4.78, 5) is 21.4. The number of nitrogens with one attached hydrogen (secondary N) is 1. The molecule has 0 amide bonds. The molecule has 2 heterocycles. The summed E-state index contributed by atoms with van der Waals surface area (Å²) in [5.74, 6) is -14.0. The summed E-state index contributed by atoms with van der Waals surface area (Å²) >= 11 is 0.937. The predicted molar refractivity (Wildman–Crippen MR) is 124 cm³/mol. The second kappa shape index (κ2) is 11.3. The second-order valence-corrected chi connectivity index (χ2v) is 9.23. The third-order valence-electron chi connectivity index (χ3n) is 5.64. The number of benzene rings is 2. The molecule has 0 atom stereocenters. The average molecular weight is 527 g/mol. The van der Waals surface area contributed by atoms with E-state index in [4.69, 9.17) is 0 Å². The van der Waals surface area contributed by atoms with Crippen LogP contribution in [0.5, 0.6) is 5.75 Å². The molecule has 1 aromatic heterocycles. The quantitative estimate of drug-likeness (QED) is 0.150. The first-order chi connectivity index (χ1) is 17.3. The van der Waals surface area contributed by atoms with Crippen molar-refractivity contribution in [2.75, 3.05) is 38.0 Å².